The van der Waals surface area contributed by atoms with Crippen LogP contribution in [-0.2, 0) is 44.8 Å². The summed E-state index contributed by atoms with van der Waals surface area (Å²) in [4.78, 5) is 79.4. The summed E-state index contributed by atoms with van der Waals surface area (Å²) in [5.41, 5.74) is 2.62. The van der Waals surface area contributed by atoms with E-state index in [2.05, 4.69) is 21.3 Å². The minimum Gasteiger partial charge on any atom is -0.464 e. The molecule has 0 saturated carbocycles. The van der Waals surface area contributed by atoms with Gasteiger partial charge in [0.1, 0.15) is 37.5 Å². The normalized spacial score (nSPS) is 14.4. The van der Waals surface area contributed by atoms with E-state index in [-0.39, 0.29) is 18.9 Å². The highest BCUT2D eigenvalue weighted by Gasteiger charge is 2.39. The van der Waals surface area contributed by atoms with E-state index in [1.807, 2.05) is 66.7 Å². The zero-order valence-corrected chi connectivity index (χ0v) is 37.2. The fourth-order valence-corrected chi connectivity index (χ4v) is 6.81. The van der Waals surface area contributed by atoms with E-state index >= 15 is 0 Å². The zero-order valence-electron chi connectivity index (χ0n) is 37.2. The Hall–Kier alpha value is -6.62. The molecular weight excluding hydrogens is 837 g/mol. The van der Waals surface area contributed by atoms with Crippen LogP contribution in [0.1, 0.15) is 81.9 Å². The maximum Gasteiger partial charge on any atom is 0.408 e. The van der Waals surface area contributed by atoms with Crippen molar-refractivity contribution in [2.75, 3.05) is 6.61 Å². The van der Waals surface area contributed by atoms with Crippen LogP contribution in [0.25, 0.3) is 0 Å². The molecule has 0 fully saturated rings. The number of amides is 4. The monoisotopic (exact) mass is 896 g/mol. The predicted octanol–water partition coefficient (Wildman–Crippen LogP) is 4.18. The molecule has 7 atom stereocenters. The molecule has 16 nitrogen and oxygen atoms in total. The Bertz CT molecular complexity index is 2090. The Labute approximate surface area is 379 Å². The molecule has 348 valence electrons. The predicted molar refractivity (Wildman–Crippen MR) is 239 cm³/mol. The third-order valence-electron chi connectivity index (χ3n) is 10.3. The second kappa shape index (κ2) is 25.6. The first-order chi connectivity index (χ1) is 31.0. The highest BCUT2D eigenvalue weighted by Crippen LogP contribution is 2.28. The molecule has 4 aromatic carbocycles. The van der Waals surface area contributed by atoms with E-state index in [9.17, 15) is 44.1 Å². The number of carbonyl (C=O) groups excluding carboxylic acids is 6. The van der Waals surface area contributed by atoms with E-state index in [0.29, 0.717) is 16.7 Å². The first-order valence-corrected chi connectivity index (χ1v) is 21.4. The Balaban J connectivity index is 1.47. The Kier molecular flexibility index (Phi) is 20.1. The number of benzene rings is 4. The summed E-state index contributed by atoms with van der Waals surface area (Å²) in [5.74, 6) is -4.88. The molecule has 65 heavy (non-hydrogen) atoms. The van der Waals surface area contributed by atoms with Crippen molar-refractivity contribution in [2.45, 2.75) is 103 Å². The number of aliphatic hydroxyl groups is 3. The molecule has 0 spiro atoms. The number of hydrogen-bond donors (Lipinski definition) is 7. The molecule has 0 radical (unpaired) electrons. The number of aliphatic hydroxyl groups excluding tert-OH is 3. The van der Waals surface area contributed by atoms with Crippen molar-refractivity contribution in [3.63, 3.8) is 0 Å². The molecule has 7 N–H and O–H groups in total. The number of rotatable bonds is 23. The highest BCUT2D eigenvalue weighted by molar-refractivity contribution is 5.91. The first-order valence-electron chi connectivity index (χ1n) is 21.4. The maximum absolute atomic E-state index is 13.9. The number of carbonyl (C=O) groups is 6. The van der Waals surface area contributed by atoms with Crippen molar-refractivity contribution >= 4 is 35.8 Å². The van der Waals surface area contributed by atoms with Crippen LogP contribution >= 0.6 is 0 Å². The Morgan fingerprint density at radius 1 is 0.585 bits per heavy atom. The van der Waals surface area contributed by atoms with Crippen molar-refractivity contribution in [2.24, 2.45) is 11.8 Å². The largest absolute Gasteiger partial charge is 0.464 e. The third-order valence-corrected chi connectivity index (χ3v) is 10.3. The van der Waals surface area contributed by atoms with Crippen molar-refractivity contribution in [3.05, 3.63) is 144 Å². The third kappa shape index (κ3) is 16.5. The molecule has 0 aromatic heterocycles. The van der Waals surface area contributed by atoms with Gasteiger partial charge in [-0.25, -0.2) is 4.79 Å². The number of nitrogens with one attached hydrogen (secondary N) is 4. The van der Waals surface area contributed by atoms with Crippen LogP contribution in [0.4, 0.5) is 4.79 Å². The summed E-state index contributed by atoms with van der Waals surface area (Å²) >= 11 is 0. The maximum atomic E-state index is 13.9. The molecule has 4 aromatic rings. The lowest BCUT2D eigenvalue weighted by Gasteiger charge is -2.32. The SMILES string of the molecule is CC(=O)OC[C@H](NC(=O)[C@H](CC(C)C)NC(=O)[C@@H](NC(=O)OCc1ccccc1)C(C)C)[C@@H](O)[C@@H](O)[C@H](O)C(=O)N[C@@H](CC(=O)OC(c1ccccc1)c1ccccc1)c1ccccc1. The van der Waals surface area contributed by atoms with E-state index in [1.54, 1.807) is 82.3 Å². The van der Waals surface area contributed by atoms with Gasteiger partial charge in [0, 0.05) is 6.92 Å². The van der Waals surface area contributed by atoms with Crippen LogP contribution in [0, 0.1) is 11.8 Å². The van der Waals surface area contributed by atoms with Crippen LogP contribution < -0.4 is 21.3 Å². The average Bonchev–Trinajstić information content (AvgIpc) is 3.30. The molecule has 4 rings (SSSR count). The molecule has 0 saturated heterocycles. The van der Waals surface area contributed by atoms with E-state index < -0.39 is 103 Å². The molecule has 16 heteroatoms. The average molecular weight is 897 g/mol. The number of hydrogen-bond acceptors (Lipinski definition) is 12. The first kappa shape index (κ1) is 51.0. The van der Waals surface area contributed by atoms with Crippen molar-refractivity contribution < 1.29 is 58.3 Å². The van der Waals surface area contributed by atoms with Crippen molar-refractivity contribution in [1.29, 1.82) is 0 Å². The lowest BCUT2D eigenvalue weighted by atomic mass is 9.97. The molecule has 0 bridgehead atoms. The van der Waals surface area contributed by atoms with Gasteiger partial charge in [0.2, 0.25) is 11.8 Å². The van der Waals surface area contributed by atoms with E-state index in [4.69, 9.17) is 14.2 Å². The van der Waals surface area contributed by atoms with E-state index in [0.717, 1.165) is 12.5 Å². The molecule has 0 aliphatic rings. The fraction of sp³-hybridized carbons (Fsp3) is 0.388. The van der Waals surface area contributed by atoms with Gasteiger partial charge in [-0.3, -0.25) is 24.0 Å². The van der Waals surface area contributed by atoms with Crippen LogP contribution in [0.3, 0.4) is 0 Å². The van der Waals surface area contributed by atoms with E-state index in [1.165, 1.54) is 0 Å². The van der Waals surface area contributed by atoms with Gasteiger partial charge in [-0.2, -0.15) is 0 Å². The quantitative estimate of drug-likeness (QED) is 0.0410. The van der Waals surface area contributed by atoms with Gasteiger partial charge in [-0.1, -0.05) is 149 Å². The Morgan fingerprint density at radius 2 is 1.11 bits per heavy atom. The molecule has 4 amide bonds. The molecule has 0 heterocycles. The summed E-state index contributed by atoms with van der Waals surface area (Å²) in [5, 5.41) is 44.0. The van der Waals surface area contributed by atoms with Crippen molar-refractivity contribution in [1.82, 2.24) is 21.3 Å². The zero-order chi connectivity index (χ0) is 47.5. The Morgan fingerprint density at radius 3 is 1.62 bits per heavy atom. The number of ether oxygens (including phenoxy) is 3. The molecule has 0 aliphatic carbocycles. The number of alkyl carbamates (subject to hydrolysis) is 1. The second-order valence-electron chi connectivity index (χ2n) is 16.3. The summed E-state index contributed by atoms with van der Waals surface area (Å²) < 4.78 is 16.4. The number of esters is 2. The van der Waals surface area contributed by atoms with Gasteiger partial charge < -0.3 is 50.8 Å². The topological polar surface area (TPSA) is 239 Å². The minimum atomic E-state index is -2.34. The second-order valence-corrected chi connectivity index (χ2v) is 16.3. The van der Waals surface area contributed by atoms with Crippen LogP contribution in [0.5, 0.6) is 0 Å². The van der Waals surface area contributed by atoms with Gasteiger partial charge in [0.25, 0.3) is 5.91 Å². The van der Waals surface area contributed by atoms with Gasteiger partial charge in [0.05, 0.1) is 18.5 Å². The molecule has 0 aliphatic heterocycles. The van der Waals surface area contributed by atoms with Crippen LogP contribution in [0.15, 0.2) is 121 Å². The standard InChI is InChI=1S/C49H60N4O12/c1-30(2)26-38(51-47(60)41(31(3)4)53-49(62)64-28-33-18-10-6-11-19-33)46(59)52-39(29-63-32(5)54)42(56)43(57)44(58)48(61)50-37(34-20-12-7-13-21-34)27-40(55)65-45(35-22-14-8-15-23-35)36-24-16-9-17-25-36/h6-25,30-31,37-39,41-45,56-58H,26-29H2,1-5H3,(H,50,61)(H,51,60)(H,52,59)(H,53,62)/t37-,38-,39-,41-,42+,43+,44-/m0/s1. The summed E-state index contributed by atoms with van der Waals surface area (Å²) in [7, 11) is 0. The highest BCUT2D eigenvalue weighted by atomic mass is 16.6. The summed E-state index contributed by atoms with van der Waals surface area (Å²) in [6.07, 6.45) is -8.70. The van der Waals surface area contributed by atoms with Gasteiger partial charge in [-0.05, 0) is 40.5 Å². The van der Waals surface area contributed by atoms with Gasteiger partial charge in [0.15, 0.2) is 12.2 Å². The lowest BCUT2D eigenvalue weighted by Crippen LogP contribution is -2.61. The summed E-state index contributed by atoms with van der Waals surface area (Å²) in [6.45, 7) is 7.29. The van der Waals surface area contributed by atoms with Gasteiger partial charge in [-0.15, -0.1) is 0 Å². The fourth-order valence-electron chi connectivity index (χ4n) is 6.81. The molecular formula is C49H60N4O12. The lowest BCUT2D eigenvalue weighted by molar-refractivity contribution is -0.152. The van der Waals surface area contributed by atoms with Crippen LogP contribution in [0.2, 0.25) is 0 Å². The molecule has 0 unspecified atom stereocenters. The van der Waals surface area contributed by atoms with Gasteiger partial charge >= 0.3 is 18.0 Å². The van der Waals surface area contributed by atoms with Crippen molar-refractivity contribution in [3.8, 4) is 0 Å². The smallest absolute Gasteiger partial charge is 0.408 e. The summed E-state index contributed by atoms with van der Waals surface area (Å²) in [6, 6.07) is 30.4. The minimum absolute atomic E-state index is 0.0429. The van der Waals surface area contributed by atoms with Crippen LogP contribution in [-0.4, -0.2) is 94.1 Å².